The minimum Gasteiger partial charge on any atom is -0.334 e. The Kier molecular flexibility index (Phi) is 5.28. The molecular weight excluding hydrogens is 437 g/mol. The van der Waals surface area contributed by atoms with Gasteiger partial charge in [-0.2, -0.15) is 23.3 Å². The van der Waals surface area contributed by atoms with E-state index in [9.17, 15) is 18.0 Å². The first-order valence-corrected chi connectivity index (χ1v) is 10.6. The van der Waals surface area contributed by atoms with Crippen molar-refractivity contribution in [2.75, 3.05) is 13.1 Å². The Morgan fingerprint density at radius 3 is 2.76 bits per heavy atom. The molecular formula is C22H21F3N6O2. The van der Waals surface area contributed by atoms with Crippen LogP contribution >= 0.6 is 0 Å². The molecule has 0 saturated carbocycles. The van der Waals surface area contributed by atoms with Gasteiger partial charge in [-0.25, -0.2) is 4.52 Å². The van der Waals surface area contributed by atoms with Crippen LogP contribution in [0.4, 0.5) is 13.2 Å². The molecule has 33 heavy (non-hydrogen) atoms. The van der Waals surface area contributed by atoms with E-state index in [-0.39, 0.29) is 29.6 Å². The number of piperidine rings is 1. The first-order valence-electron chi connectivity index (χ1n) is 10.6. The molecule has 4 heterocycles. The van der Waals surface area contributed by atoms with E-state index in [1.54, 1.807) is 29.9 Å². The van der Waals surface area contributed by atoms with Crippen molar-refractivity contribution in [2.24, 2.45) is 7.05 Å². The van der Waals surface area contributed by atoms with Gasteiger partial charge in [0, 0.05) is 25.5 Å². The molecule has 0 amide bonds. The Balaban J connectivity index is 1.50. The van der Waals surface area contributed by atoms with E-state index >= 15 is 0 Å². The highest BCUT2D eigenvalue weighted by Crippen LogP contribution is 2.31. The normalized spacial score (nSPS) is 15.4. The maximum Gasteiger partial charge on any atom is 0.416 e. The fraction of sp³-hybridized carbons (Fsp3) is 0.364. The van der Waals surface area contributed by atoms with Gasteiger partial charge in [0.2, 0.25) is 0 Å². The Labute approximate surface area is 186 Å². The van der Waals surface area contributed by atoms with Gasteiger partial charge in [-0.15, -0.1) is 0 Å². The largest absolute Gasteiger partial charge is 0.416 e. The molecule has 0 radical (unpaired) electrons. The summed E-state index contributed by atoms with van der Waals surface area (Å²) in [6.07, 6.45) is -0.975. The summed E-state index contributed by atoms with van der Waals surface area (Å²) in [4.78, 5) is 17.1. The predicted octanol–water partition coefficient (Wildman–Crippen LogP) is 3.16. The molecule has 1 aliphatic rings. The van der Waals surface area contributed by atoms with Gasteiger partial charge in [-0.1, -0.05) is 23.4 Å². The highest BCUT2D eigenvalue weighted by molar-refractivity contribution is 5.71. The van der Waals surface area contributed by atoms with Crippen LogP contribution in [0.2, 0.25) is 0 Å². The maximum absolute atomic E-state index is 13.0. The summed E-state index contributed by atoms with van der Waals surface area (Å²) < 4.78 is 47.6. The van der Waals surface area contributed by atoms with Gasteiger partial charge >= 0.3 is 6.18 Å². The molecule has 0 spiro atoms. The van der Waals surface area contributed by atoms with Gasteiger partial charge in [0.25, 0.3) is 11.4 Å². The Morgan fingerprint density at radius 2 is 2.00 bits per heavy atom. The van der Waals surface area contributed by atoms with E-state index in [0.29, 0.717) is 16.8 Å². The fourth-order valence-corrected chi connectivity index (χ4v) is 4.28. The molecule has 0 unspecified atom stereocenters. The van der Waals surface area contributed by atoms with Crippen molar-refractivity contribution in [1.29, 1.82) is 0 Å². The second kappa shape index (κ2) is 8.14. The summed E-state index contributed by atoms with van der Waals surface area (Å²) in [5, 5.41) is 11.7. The van der Waals surface area contributed by atoms with Crippen LogP contribution < -0.4 is 10.9 Å². The van der Waals surface area contributed by atoms with Crippen LogP contribution in [-0.2, 0) is 19.6 Å². The lowest BCUT2D eigenvalue weighted by atomic mass is 9.94. The number of hydrogen-bond donors (Lipinski definition) is 1. The third-order valence-corrected chi connectivity index (χ3v) is 5.98. The molecule has 11 heteroatoms. The summed E-state index contributed by atoms with van der Waals surface area (Å²) in [6.45, 7) is 1.75. The van der Waals surface area contributed by atoms with Gasteiger partial charge in [0.05, 0.1) is 17.5 Å². The predicted molar refractivity (Wildman–Crippen MR) is 113 cm³/mol. The van der Waals surface area contributed by atoms with Crippen molar-refractivity contribution in [2.45, 2.75) is 31.4 Å². The third-order valence-electron chi connectivity index (χ3n) is 5.98. The average molecular weight is 458 g/mol. The molecule has 1 aliphatic heterocycles. The summed E-state index contributed by atoms with van der Waals surface area (Å²) in [6, 6.07) is 6.63. The number of fused-ring (bicyclic) bond motifs is 1. The van der Waals surface area contributed by atoms with E-state index in [0.717, 1.165) is 43.8 Å². The van der Waals surface area contributed by atoms with Crippen molar-refractivity contribution >= 4 is 5.65 Å². The Hall–Kier alpha value is -3.47. The highest BCUT2D eigenvalue weighted by Gasteiger charge is 2.30. The van der Waals surface area contributed by atoms with Gasteiger partial charge in [-0.05, 0) is 37.6 Å². The molecule has 1 N–H and O–H groups in total. The molecule has 0 atom stereocenters. The second-order valence-electron chi connectivity index (χ2n) is 8.18. The highest BCUT2D eigenvalue weighted by atomic mass is 19.4. The number of benzene rings is 1. The number of nitrogens with one attached hydrogen (secondary N) is 1. The summed E-state index contributed by atoms with van der Waals surface area (Å²) in [7, 11) is 1.65. The third kappa shape index (κ3) is 4.04. The molecule has 1 saturated heterocycles. The first kappa shape index (κ1) is 21.4. The van der Waals surface area contributed by atoms with E-state index in [2.05, 4.69) is 20.6 Å². The van der Waals surface area contributed by atoms with Crippen molar-refractivity contribution in [3.63, 3.8) is 0 Å². The van der Waals surface area contributed by atoms with Crippen LogP contribution in [0.1, 0.15) is 41.4 Å². The molecule has 5 rings (SSSR count). The van der Waals surface area contributed by atoms with Crippen molar-refractivity contribution in [3.8, 4) is 11.5 Å². The number of alkyl halides is 3. The number of halogens is 3. The molecule has 1 aromatic carbocycles. The smallest absolute Gasteiger partial charge is 0.334 e. The van der Waals surface area contributed by atoms with Gasteiger partial charge < -0.3 is 9.84 Å². The molecule has 8 nitrogen and oxygen atoms in total. The van der Waals surface area contributed by atoms with Crippen LogP contribution in [0.25, 0.3) is 17.1 Å². The van der Waals surface area contributed by atoms with Crippen LogP contribution in [0.15, 0.2) is 45.8 Å². The lowest BCUT2D eigenvalue weighted by Gasteiger charge is -2.23. The molecule has 172 valence electrons. The number of rotatable bonds is 4. The lowest BCUT2D eigenvalue weighted by molar-refractivity contribution is -0.137. The van der Waals surface area contributed by atoms with Gasteiger partial charge in [-0.3, -0.25) is 9.36 Å². The topological polar surface area (TPSA) is 90.2 Å². The van der Waals surface area contributed by atoms with E-state index < -0.39 is 11.7 Å². The zero-order valence-corrected chi connectivity index (χ0v) is 17.8. The van der Waals surface area contributed by atoms with Crippen LogP contribution in [0, 0.1) is 0 Å². The molecule has 3 aromatic heterocycles. The monoisotopic (exact) mass is 458 g/mol. The molecule has 4 aromatic rings. The minimum absolute atomic E-state index is 0.0753. The van der Waals surface area contributed by atoms with Gasteiger partial charge in [0.15, 0.2) is 11.5 Å². The van der Waals surface area contributed by atoms with E-state index in [1.165, 1.54) is 10.6 Å². The van der Waals surface area contributed by atoms with Gasteiger partial charge in [0.1, 0.15) is 5.56 Å². The Morgan fingerprint density at radius 1 is 1.21 bits per heavy atom. The SMILES string of the molecule is Cn1c(=O)cc(C2CCNCC2)n2ncc(-c3nc(Cc4cccc(C(F)(F)F)c4)no3)c12. The van der Waals surface area contributed by atoms with Crippen LogP contribution in [-0.4, -0.2) is 37.4 Å². The summed E-state index contributed by atoms with van der Waals surface area (Å²) in [5.74, 6) is 0.599. The van der Waals surface area contributed by atoms with Crippen LogP contribution in [0.5, 0.6) is 0 Å². The second-order valence-corrected chi connectivity index (χ2v) is 8.18. The number of aromatic nitrogens is 5. The molecule has 0 bridgehead atoms. The standard InChI is InChI=1S/C22H21F3N6O2/c1-30-19(32)11-17(14-5-7-26-8-6-14)31-21(30)16(12-27-31)20-28-18(29-33-20)10-13-3-2-4-15(9-13)22(23,24)25/h2-4,9,11-12,14,26H,5-8,10H2,1H3. The van der Waals surface area contributed by atoms with E-state index in [4.69, 9.17) is 4.52 Å². The number of nitrogens with zero attached hydrogens (tertiary/aromatic N) is 5. The molecule has 1 fully saturated rings. The van der Waals surface area contributed by atoms with Crippen LogP contribution in [0.3, 0.4) is 0 Å². The number of hydrogen-bond acceptors (Lipinski definition) is 6. The average Bonchev–Trinajstić information content (AvgIpc) is 3.44. The summed E-state index contributed by atoms with van der Waals surface area (Å²) in [5.41, 5.74) is 1.38. The van der Waals surface area contributed by atoms with Crippen molar-refractivity contribution in [1.82, 2.24) is 29.6 Å². The minimum atomic E-state index is -4.42. The van der Waals surface area contributed by atoms with Crippen molar-refractivity contribution < 1.29 is 17.7 Å². The Bertz CT molecular complexity index is 1360. The zero-order valence-electron chi connectivity index (χ0n) is 17.8. The lowest BCUT2D eigenvalue weighted by Crippen LogP contribution is -2.29. The quantitative estimate of drug-likeness (QED) is 0.505. The van der Waals surface area contributed by atoms with Crippen molar-refractivity contribution in [3.05, 3.63) is 69.5 Å². The number of aryl methyl sites for hydroxylation is 1. The maximum atomic E-state index is 13.0. The molecule has 0 aliphatic carbocycles. The van der Waals surface area contributed by atoms with E-state index in [1.807, 2.05) is 0 Å². The summed E-state index contributed by atoms with van der Waals surface area (Å²) >= 11 is 0. The fourth-order valence-electron chi connectivity index (χ4n) is 4.28. The first-order chi connectivity index (χ1) is 15.8. The zero-order chi connectivity index (χ0) is 23.2.